The molecule has 0 spiro atoms. The van der Waals surface area contributed by atoms with Crippen LogP contribution in [0.2, 0.25) is 0 Å². The Labute approximate surface area is 158 Å². The fourth-order valence-corrected chi connectivity index (χ4v) is 5.44. The number of carbonyl (C=O) groups is 1. The zero-order valence-corrected chi connectivity index (χ0v) is 15.5. The van der Waals surface area contributed by atoms with Crippen molar-refractivity contribution >= 4 is 5.91 Å². The summed E-state index contributed by atoms with van der Waals surface area (Å²) < 4.78 is 0. The number of hydrogen-bond donors (Lipinski definition) is 1. The van der Waals surface area contributed by atoms with Gasteiger partial charge in [0.1, 0.15) is 11.4 Å². The van der Waals surface area contributed by atoms with Gasteiger partial charge in [-0.05, 0) is 44.3 Å². The number of H-pyrrole nitrogens is 1. The summed E-state index contributed by atoms with van der Waals surface area (Å²) in [6.45, 7) is 4.62. The molecule has 0 aliphatic carbocycles. The van der Waals surface area contributed by atoms with Crippen LogP contribution in [0.1, 0.15) is 40.5 Å². The van der Waals surface area contributed by atoms with Crippen molar-refractivity contribution in [1.29, 1.82) is 0 Å². The number of rotatable bonds is 2. The predicted molar refractivity (Wildman–Crippen MR) is 102 cm³/mol. The van der Waals surface area contributed by atoms with E-state index in [2.05, 4.69) is 39.1 Å². The van der Waals surface area contributed by atoms with Crippen molar-refractivity contribution in [1.82, 2.24) is 19.8 Å². The minimum absolute atomic E-state index is 0.157. The van der Waals surface area contributed by atoms with Crippen LogP contribution in [0, 0.1) is 12.8 Å². The first kappa shape index (κ1) is 16.7. The molecule has 5 heterocycles. The number of carbonyl (C=O) groups excluding carboxylic acids is 1. The maximum Gasteiger partial charge on any atom is 0.263 e. The fourth-order valence-electron chi connectivity index (χ4n) is 5.44. The molecule has 0 radical (unpaired) electrons. The maximum absolute atomic E-state index is 13.3. The number of piperidine rings is 3. The maximum atomic E-state index is 13.3. The van der Waals surface area contributed by atoms with Crippen LogP contribution in [-0.2, 0) is 0 Å². The summed E-state index contributed by atoms with van der Waals surface area (Å²) in [6, 6.07) is 11.0. The second-order valence-corrected chi connectivity index (χ2v) is 8.04. The van der Waals surface area contributed by atoms with Crippen molar-refractivity contribution in [3.8, 4) is 0 Å². The predicted octanol–water partition coefficient (Wildman–Crippen LogP) is 1.78. The highest BCUT2D eigenvalue weighted by molar-refractivity contribution is 5.94. The van der Waals surface area contributed by atoms with Crippen molar-refractivity contribution in [3.05, 3.63) is 63.8 Å². The molecular weight excluding hydrogens is 340 g/mol. The summed E-state index contributed by atoms with van der Waals surface area (Å²) in [5.74, 6) is 1.17. The largest absolute Gasteiger partial charge is 0.333 e. The number of amides is 1. The topological polar surface area (TPSA) is 69.3 Å². The van der Waals surface area contributed by atoms with E-state index in [9.17, 15) is 9.59 Å². The molecule has 1 amide bonds. The summed E-state index contributed by atoms with van der Waals surface area (Å²) in [5, 5.41) is 0. The summed E-state index contributed by atoms with van der Waals surface area (Å²) in [4.78, 5) is 37.0. The molecule has 0 saturated carbocycles. The molecule has 1 aromatic heterocycles. The SMILES string of the molecule is Cc1ncc(C(=O)N2C[C@@H](c3ccccc3)[C@@H]3[C@H]2C2CCN3CC2)c(=O)[nH]1. The standard InChI is InChI=1S/C21H24N4O2/c1-13-22-11-16(20(26)23-13)21(27)25-12-17(14-5-3-2-4-6-14)19-18(25)15-7-9-24(19)10-8-15/h2-6,11,15,17-19H,7-10,12H2,1H3,(H,22,23,26)/t17-,18+,19+/m0/s1. The van der Waals surface area contributed by atoms with Crippen LogP contribution in [0.15, 0.2) is 41.3 Å². The van der Waals surface area contributed by atoms with Crippen molar-refractivity contribution in [2.75, 3.05) is 19.6 Å². The van der Waals surface area contributed by atoms with Gasteiger partial charge < -0.3 is 9.88 Å². The van der Waals surface area contributed by atoms with E-state index in [1.807, 2.05) is 11.0 Å². The third kappa shape index (κ3) is 2.62. The number of nitrogens with zero attached hydrogens (tertiary/aromatic N) is 3. The summed E-state index contributed by atoms with van der Waals surface area (Å²) in [6.07, 6.45) is 3.70. The first-order valence-electron chi connectivity index (χ1n) is 9.79. The van der Waals surface area contributed by atoms with E-state index in [1.165, 1.54) is 11.8 Å². The molecule has 4 saturated heterocycles. The zero-order chi connectivity index (χ0) is 18.5. The van der Waals surface area contributed by atoms with Gasteiger partial charge in [-0.3, -0.25) is 14.5 Å². The lowest BCUT2D eigenvalue weighted by Crippen LogP contribution is -2.61. The van der Waals surface area contributed by atoms with Gasteiger partial charge in [-0.1, -0.05) is 30.3 Å². The number of likely N-dealkylation sites (tertiary alicyclic amines) is 1. The van der Waals surface area contributed by atoms with Gasteiger partial charge in [0.2, 0.25) is 0 Å². The number of fused-ring (bicyclic) bond motifs is 2. The van der Waals surface area contributed by atoms with E-state index < -0.39 is 0 Å². The lowest BCUT2D eigenvalue weighted by atomic mass is 9.75. The Hall–Kier alpha value is -2.47. The molecule has 0 unspecified atom stereocenters. The Morgan fingerprint density at radius 1 is 1.15 bits per heavy atom. The van der Waals surface area contributed by atoms with E-state index in [0.717, 1.165) is 25.9 Å². The van der Waals surface area contributed by atoms with Crippen LogP contribution in [0.3, 0.4) is 0 Å². The van der Waals surface area contributed by atoms with Crippen molar-refractivity contribution in [2.45, 2.75) is 37.8 Å². The smallest absolute Gasteiger partial charge is 0.263 e. The molecule has 140 valence electrons. The Morgan fingerprint density at radius 3 is 2.59 bits per heavy atom. The lowest BCUT2D eigenvalue weighted by Gasteiger charge is -2.51. The Balaban J connectivity index is 1.54. The molecule has 4 aliphatic rings. The van der Waals surface area contributed by atoms with E-state index in [0.29, 0.717) is 30.2 Å². The first-order chi connectivity index (χ1) is 13.1. The van der Waals surface area contributed by atoms with Gasteiger partial charge >= 0.3 is 0 Å². The van der Waals surface area contributed by atoms with Gasteiger partial charge in [-0.15, -0.1) is 0 Å². The van der Waals surface area contributed by atoms with Gasteiger partial charge in [0.05, 0.1) is 6.04 Å². The minimum Gasteiger partial charge on any atom is -0.333 e. The second-order valence-electron chi connectivity index (χ2n) is 8.04. The highest BCUT2D eigenvalue weighted by atomic mass is 16.2. The Bertz CT molecular complexity index is 917. The number of benzene rings is 1. The number of nitrogens with one attached hydrogen (secondary N) is 1. The average Bonchev–Trinajstić information content (AvgIpc) is 3.12. The van der Waals surface area contributed by atoms with Crippen molar-refractivity contribution in [2.24, 2.45) is 5.92 Å². The quantitative estimate of drug-likeness (QED) is 0.882. The van der Waals surface area contributed by atoms with Crippen LogP contribution in [-0.4, -0.2) is 57.4 Å². The number of aryl methyl sites for hydroxylation is 1. The van der Waals surface area contributed by atoms with E-state index in [1.54, 1.807) is 6.92 Å². The number of hydrogen-bond acceptors (Lipinski definition) is 4. The monoisotopic (exact) mass is 364 g/mol. The van der Waals surface area contributed by atoms with Crippen LogP contribution < -0.4 is 5.56 Å². The molecule has 2 aromatic rings. The van der Waals surface area contributed by atoms with Gasteiger partial charge in [0.15, 0.2) is 0 Å². The zero-order valence-electron chi connectivity index (χ0n) is 15.5. The van der Waals surface area contributed by atoms with E-state index in [4.69, 9.17) is 0 Å². The molecule has 4 fully saturated rings. The van der Waals surface area contributed by atoms with Crippen molar-refractivity contribution < 1.29 is 4.79 Å². The minimum atomic E-state index is -0.339. The number of aromatic amines is 1. The third-order valence-corrected chi connectivity index (χ3v) is 6.64. The molecule has 3 atom stereocenters. The normalized spacial score (nSPS) is 31.7. The van der Waals surface area contributed by atoms with Crippen LogP contribution in [0.5, 0.6) is 0 Å². The molecule has 6 rings (SSSR count). The van der Waals surface area contributed by atoms with E-state index in [-0.39, 0.29) is 23.1 Å². The van der Waals surface area contributed by atoms with E-state index >= 15 is 0 Å². The molecule has 27 heavy (non-hydrogen) atoms. The molecule has 6 heteroatoms. The third-order valence-electron chi connectivity index (χ3n) is 6.64. The Kier molecular flexibility index (Phi) is 3.90. The van der Waals surface area contributed by atoms with Gasteiger partial charge in [-0.25, -0.2) is 4.98 Å². The van der Waals surface area contributed by atoms with Gasteiger partial charge in [0.25, 0.3) is 11.5 Å². The van der Waals surface area contributed by atoms with Crippen LogP contribution >= 0.6 is 0 Å². The van der Waals surface area contributed by atoms with Crippen molar-refractivity contribution in [3.63, 3.8) is 0 Å². The van der Waals surface area contributed by atoms with Crippen LogP contribution in [0.25, 0.3) is 0 Å². The van der Waals surface area contributed by atoms with Crippen LogP contribution in [0.4, 0.5) is 0 Å². The Morgan fingerprint density at radius 2 is 1.89 bits per heavy atom. The summed E-state index contributed by atoms with van der Waals surface area (Å²) in [7, 11) is 0. The molecule has 1 N–H and O–H groups in total. The highest BCUT2D eigenvalue weighted by Gasteiger charge is 2.54. The molecular formula is C21H24N4O2. The second kappa shape index (κ2) is 6.30. The first-order valence-corrected chi connectivity index (χ1v) is 9.79. The average molecular weight is 364 g/mol. The summed E-state index contributed by atoms with van der Waals surface area (Å²) >= 11 is 0. The molecule has 4 aliphatic heterocycles. The fraction of sp³-hybridized carbons (Fsp3) is 0.476. The van der Waals surface area contributed by atoms with Gasteiger partial charge in [-0.2, -0.15) is 0 Å². The summed E-state index contributed by atoms with van der Waals surface area (Å²) in [5.41, 5.74) is 1.10. The molecule has 1 aromatic carbocycles. The molecule has 2 bridgehead atoms. The highest BCUT2D eigenvalue weighted by Crippen LogP contribution is 2.46. The lowest BCUT2D eigenvalue weighted by molar-refractivity contribution is -0.00347. The molecule has 6 nitrogen and oxygen atoms in total. The van der Waals surface area contributed by atoms with Gasteiger partial charge in [0, 0.05) is 24.7 Å². The number of aromatic nitrogens is 2.